The maximum absolute atomic E-state index is 12.6. The third-order valence-corrected chi connectivity index (χ3v) is 2.57. The fourth-order valence-electron chi connectivity index (χ4n) is 1.58. The van der Waals surface area contributed by atoms with Crippen LogP contribution >= 0.6 is 0 Å². The van der Waals surface area contributed by atoms with Gasteiger partial charge in [0.2, 0.25) is 0 Å². The summed E-state index contributed by atoms with van der Waals surface area (Å²) in [4.78, 5) is 11.6. The van der Waals surface area contributed by atoms with Crippen molar-refractivity contribution in [1.29, 1.82) is 0 Å². The number of carbonyl (C=O) groups excluding carboxylic acids is 1. The van der Waals surface area contributed by atoms with E-state index in [1.54, 1.807) is 0 Å². The second-order valence-electron chi connectivity index (χ2n) is 4.13. The average molecular weight is 297 g/mol. The van der Waals surface area contributed by atoms with Crippen molar-refractivity contribution < 1.29 is 18.0 Å². The molecule has 2 rings (SSSR count). The number of halogens is 3. The van der Waals surface area contributed by atoms with E-state index in [4.69, 9.17) is 0 Å². The summed E-state index contributed by atoms with van der Waals surface area (Å²) in [5, 5.41) is 14.8. The molecule has 2 aromatic rings. The molecule has 0 saturated heterocycles. The molecule has 1 aromatic carbocycles. The number of amides is 1. The number of aromatic amines is 1. The summed E-state index contributed by atoms with van der Waals surface area (Å²) in [6, 6.07) is 4.72. The first kappa shape index (κ1) is 14.7. The van der Waals surface area contributed by atoms with Gasteiger partial charge in [-0.2, -0.15) is 18.4 Å². The van der Waals surface area contributed by atoms with Crippen LogP contribution in [0, 0.1) is 0 Å². The van der Waals surface area contributed by atoms with Crippen molar-refractivity contribution >= 4 is 17.4 Å². The van der Waals surface area contributed by atoms with Crippen molar-refractivity contribution in [3.8, 4) is 0 Å². The summed E-state index contributed by atoms with van der Waals surface area (Å²) in [6.07, 6.45) is -3.27. The summed E-state index contributed by atoms with van der Waals surface area (Å²) >= 11 is 0. The summed E-state index contributed by atoms with van der Waals surface area (Å²) in [5.74, 6) is -0.584. The normalized spacial score (nSPS) is 12.3. The predicted octanol–water partition coefficient (Wildman–Crippen LogP) is 2.26. The number of hydrogen-bond acceptors (Lipinski definition) is 4. The minimum Gasteiger partial charge on any atom is -0.288 e. The van der Waals surface area contributed by atoms with Gasteiger partial charge in [-0.25, -0.2) is 0 Å². The number of aromatic nitrogens is 4. The highest BCUT2D eigenvalue weighted by Crippen LogP contribution is 2.30. The van der Waals surface area contributed by atoms with Crippen molar-refractivity contribution in [3.63, 3.8) is 0 Å². The van der Waals surface area contributed by atoms with E-state index in [9.17, 15) is 18.0 Å². The number of alkyl halides is 3. The molecule has 0 spiro atoms. The standard InChI is InChI=1S/C12H10F3N5O/c1-7(5-10(21)16-11-17-19-20-18-11)8-3-2-4-9(6-8)12(13,14)15/h2-6H,1H3,(H2,16,17,18,19,20,21)/b7-5+. The quantitative estimate of drug-likeness (QED) is 0.851. The molecular weight excluding hydrogens is 287 g/mol. The van der Waals surface area contributed by atoms with Crippen molar-refractivity contribution in [2.45, 2.75) is 13.1 Å². The van der Waals surface area contributed by atoms with Gasteiger partial charge in [0.1, 0.15) is 0 Å². The molecule has 1 amide bonds. The number of anilines is 1. The fourth-order valence-corrected chi connectivity index (χ4v) is 1.58. The second-order valence-corrected chi connectivity index (χ2v) is 4.13. The van der Waals surface area contributed by atoms with E-state index >= 15 is 0 Å². The average Bonchev–Trinajstić information content (AvgIpc) is 2.90. The van der Waals surface area contributed by atoms with Gasteiger partial charge in [0.05, 0.1) is 5.56 Å². The van der Waals surface area contributed by atoms with Crippen LogP contribution in [0.3, 0.4) is 0 Å². The van der Waals surface area contributed by atoms with Crippen LogP contribution in [0.25, 0.3) is 5.57 Å². The van der Waals surface area contributed by atoms with E-state index in [2.05, 4.69) is 25.9 Å². The molecule has 110 valence electrons. The van der Waals surface area contributed by atoms with Gasteiger partial charge in [-0.15, -0.1) is 5.10 Å². The van der Waals surface area contributed by atoms with Gasteiger partial charge in [-0.05, 0) is 35.4 Å². The fraction of sp³-hybridized carbons (Fsp3) is 0.167. The lowest BCUT2D eigenvalue weighted by atomic mass is 10.0. The third-order valence-electron chi connectivity index (χ3n) is 2.57. The molecule has 0 aliphatic heterocycles. The highest BCUT2D eigenvalue weighted by molar-refractivity contribution is 6.02. The lowest BCUT2D eigenvalue weighted by Gasteiger charge is -2.08. The van der Waals surface area contributed by atoms with Crippen LogP contribution in [0.1, 0.15) is 18.1 Å². The van der Waals surface area contributed by atoms with Gasteiger partial charge >= 0.3 is 6.18 Å². The van der Waals surface area contributed by atoms with Crippen molar-refractivity contribution in [2.75, 3.05) is 5.32 Å². The van der Waals surface area contributed by atoms with Crippen LogP contribution in [-0.2, 0) is 11.0 Å². The number of nitrogens with zero attached hydrogens (tertiary/aromatic N) is 3. The van der Waals surface area contributed by atoms with E-state index in [1.165, 1.54) is 19.1 Å². The number of allylic oxidation sites excluding steroid dienone is 1. The van der Waals surface area contributed by atoms with E-state index in [-0.39, 0.29) is 5.95 Å². The molecule has 2 N–H and O–H groups in total. The Balaban J connectivity index is 2.17. The number of tetrazole rings is 1. The molecule has 1 heterocycles. The SMILES string of the molecule is C/C(=C\C(=O)Nc1nn[nH]n1)c1cccc(C(F)(F)F)c1. The summed E-state index contributed by atoms with van der Waals surface area (Å²) in [5.41, 5.74) is -0.0958. The van der Waals surface area contributed by atoms with E-state index in [1.807, 2.05) is 0 Å². The molecule has 0 aliphatic carbocycles. The maximum atomic E-state index is 12.6. The Bertz CT molecular complexity index is 664. The van der Waals surface area contributed by atoms with Crippen LogP contribution < -0.4 is 5.32 Å². The Kier molecular flexibility index (Phi) is 4.01. The highest BCUT2D eigenvalue weighted by atomic mass is 19.4. The number of carbonyl (C=O) groups is 1. The van der Waals surface area contributed by atoms with Gasteiger partial charge < -0.3 is 0 Å². The molecule has 0 bridgehead atoms. The van der Waals surface area contributed by atoms with Crippen LogP contribution in [0.2, 0.25) is 0 Å². The maximum Gasteiger partial charge on any atom is 0.416 e. The minimum atomic E-state index is -4.43. The number of rotatable bonds is 3. The lowest BCUT2D eigenvalue weighted by Crippen LogP contribution is -2.10. The zero-order chi connectivity index (χ0) is 15.5. The third kappa shape index (κ3) is 3.88. The van der Waals surface area contributed by atoms with Gasteiger partial charge in [-0.3, -0.25) is 10.1 Å². The lowest BCUT2D eigenvalue weighted by molar-refractivity contribution is -0.137. The molecular formula is C12H10F3N5O. The molecule has 0 atom stereocenters. The summed E-state index contributed by atoms with van der Waals surface area (Å²) in [6.45, 7) is 1.53. The first-order valence-corrected chi connectivity index (χ1v) is 5.76. The van der Waals surface area contributed by atoms with Crippen molar-refractivity contribution in [1.82, 2.24) is 20.6 Å². The number of benzene rings is 1. The molecule has 6 nitrogen and oxygen atoms in total. The first-order valence-electron chi connectivity index (χ1n) is 5.76. The molecule has 0 unspecified atom stereocenters. The molecule has 21 heavy (non-hydrogen) atoms. The van der Waals surface area contributed by atoms with Crippen LogP contribution in [0.5, 0.6) is 0 Å². The van der Waals surface area contributed by atoms with Crippen molar-refractivity contribution in [2.24, 2.45) is 0 Å². The van der Waals surface area contributed by atoms with Gasteiger partial charge in [-0.1, -0.05) is 17.2 Å². The van der Waals surface area contributed by atoms with E-state index < -0.39 is 17.6 Å². The van der Waals surface area contributed by atoms with Gasteiger partial charge in [0, 0.05) is 6.08 Å². The van der Waals surface area contributed by atoms with Crippen LogP contribution in [0.4, 0.5) is 19.1 Å². The zero-order valence-corrected chi connectivity index (χ0v) is 10.8. The van der Waals surface area contributed by atoms with Crippen LogP contribution in [0.15, 0.2) is 30.3 Å². The highest BCUT2D eigenvalue weighted by Gasteiger charge is 2.30. The van der Waals surface area contributed by atoms with Crippen LogP contribution in [-0.4, -0.2) is 26.5 Å². The molecule has 0 aliphatic rings. The number of hydrogen-bond donors (Lipinski definition) is 2. The molecule has 0 radical (unpaired) electrons. The Hall–Kier alpha value is -2.71. The first-order chi connectivity index (χ1) is 9.86. The monoisotopic (exact) mass is 297 g/mol. The zero-order valence-electron chi connectivity index (χ0n) is 10.8. The Labute approximate surface area is 117 Å². The predicted molar refractivity (Wildman–Crippen MR) is 67.9 cm³/mol. The molecule has 0 fully saturated rings. The Morgan fingerprint density at radius 3 is 2.76 bits per heavy atom. The number of nitrogens with one attached hydrogen (secondary N) is 2. The second kappa shape index (κ2) is 5.73. The minimum absolute atomic E-state index is 0.0203. The van der Waals surface area contributed by atoms with E-state index in [0.717, 1.165) is 18.2 Å². The summed E-state index contributed by atoms with van der Waals surface area (Å²) in [7, 11) is 0. The molecule has 0 saturated carbocycles. The topological polar surface area (TPSA) is 83.6 Å². The van der Waals surface area contributed by atoms with Crippen molar-refractivity contribution in [3.05, 3.63) is 41.5 Å². The Morgan fingerprint density at radius 2 is 2.14 bits per heavy atom. The molecule has 9 heteroatoms. The number of H-pyrrole nitrogens is 1. The van der Waals surface area contributed by atoms with E-state index in [0.29, 0.717) is 11.1 Å². The summed E-state index contributed by atoms with van der Waals surface area (Å²) < 4.78 is 37.9. The Morgan fingerprint density at radius 1 is 1.38 bits per heavy atom. The van der Waals surface area contributed by atoms with Gasteiger partial charge in [0.15, 0.2) is 0 Å². The smallest absolute Gasteiger partial charge is 0.288 e. The molecule has 1 aromatic heterocycles. The largest absolute Gasteiger partial charge is 0.416 e. The van der Waals surface area contributed by atoms with Gasteiger partial charge in [0.25, 0.3) is 11.9 Å².